The van der Waals surface area contributed by atoms with E-state index in [1.807, 2.05) is 0 Å². The SMILES string of the molecule is NC1=CC(N)N(N)C(SCC2=C(C(=O)O)N3C(=O)C(NC(=O)/C(=N\OCCC(=O)O)c4csc(N)n4)[C@@H]3SC2)=N1. The Morgan fingerprint density at radius 3 is 2.70 bits per heavy atom. The third-order valence-corrected chi connectivity index (χ3v) is 8.63. The van der Waals surface area contributed by atoms with Gasteiger partial charge in [-0.1, -0.05) is 16.9 Å². The molecule has 2 unspecified atom stereocenters. The first-order valence-electron chi connectivity index (χ1n) is 11.3. The number of aromatic nitrogens is 1. The molecule has 17 nitrogen and oxygen atoms in total. The number of hydrogen-bond acceptors (Lipinski definition) is 16. The number of carbonyl (C=O) groups is 4. The van der Waals surface area contributed by atoms with E-state index in [0.717, 1.165) is 28.0 Å². The van der Waals surface area contributed by atoms with Gasteiger partial charge in [-0.15, -0.1) is 23.1 Å². The molecule has 3 atom stereocenters. The van der Waals surface area contributed by atoms with Crippen LogP contribution >= 0.6 is 34.9 Å². The van der Waals surface area contributed by atoms with Crippen LogP contribution in [0.4, 0.5) is 5.13 Å². The molecule has 0 radical (unpaired) electrons. The number of amidine groups is 1. The van der Waals surface area contributed by atoms with Gasteiger partial charge in [0.25, 0.3) is 11.8 Å². The summed E-state index contributed by atoms with van der Waals surface area (Å²) in [4.78, 5) is 63.2. The van der Waals surface area contributed by atoms with Crippen LogP contribution in [0.2, 0.25) is 0 Å². The summed E-state index contributed by atoms with van der Waals surface area (Å²) in [7, 11) is 0. The van der Waals surface area contributed by atoms with Crippen LogP contribution in [0.5, 0.6) is 0 Å². The molecule has 2 amide bonds. The number of aliphatic carboxylic acids is 2. The number of rotatable bonds is 10. The summed E-state index contributed by atoms with van der Waals surface area (Å²) < 4.78 is 0. The lowest BCUT2D eigenvalue weighted by atomic mass is 10.0. The van der Waals surface area contributed by atoms with E-state index >= 15 is 0 Å². The van der Waals surface area contributed by atoms with Gasteiger partial charge >= 0.3 is 11.9 Å². The maximum Gasteiger partial charge on any atom is 0.352 e. The summed E-state index contributed by atoms with van der Waals surface area (Å²) in [6, 6.07) is -1.06. The molecule has 0 saturated carbocycles. The van der Waals surface area contributed by atoms with E-state index in [4.69, 9.17) is 33.0 Å². The van der Waals surface area contributed by atoms with Gasteiger partial charge in [0.2, 0.25) is 0 Å². The molecule has 11 N–H and O–H groups in total. The summed E-state index contributed by atoms with van der Waals surface area (Å²) >= 11 is 3.42. The number of fused-ring (bicyclic) bond motifs is 1. The van der Waals surface area contributed by atoms with Crippen molar-refractivity contribution in [2.75, 3.05) is 23.8 Å². The molecule has 20 heteroatoms. The minimum Gasteiger partial charge on any atom is -0.481 e. The number of hydrogen-bond donors (Lipinski definition) is 7. The van der Waals surface area contributed by atoms with E-state index < -0.39 is 41.3 Å². The van der Waals surface area contributed by atoms with Gasteiger partial charge in [0, 0.05) is 16.9 Å². The Kier molecular flexibility index (Phi) is 8.83. The molecule has 0 bridgehead atoms. The first-order chi connectivity index (χ1) is 19.0. The fourth-order valence-corrected chi connectivity index (χ4v) is 6.70. The normalized spacial score (nSPS) is 22.7. The summed E-state index contributed by atoms with van der Waals surface area (Å²) in [6.45, 7) is -0.308. The number of carboxylic acids is 2. The van der Waals surface area contributed by atoms with Crippen LogP contribution in [-0.2, 0) is 24.0 Å². The Morgan fingerprint density at radius 1 is 1.30 bits per heavy atom. The smallest absolute Gasteiger partial charge is 0.352 e. The van der Waals surface area contributed by atoms with E-state index in [9.17, 15) is 24.3 Å². The van der Waals surface area contributed by atoms with E-state index in [1.165, 1.54) is 28.2 Å². The van der Waals surface area contributed by atoms with Gasteiger partial charge in [0.1, 0.15) is 41.4 Å². The van der Waals surface area contributed by atoms with Gasteiger partial charge < -0.3 is 37.6 Å². The second-order valence-electron chi connectivity index (χ2n) is 8.28. The first kappa shape index (κ1) is 29.1. The molecule has 1 aromatic heterocycles. The fraction of sp³-hybridized carbons (Fsp3) is 0.350. The Bertz CT molecular complexity index is 1360. The van der Waals surface area contributed by atoms with E-state index in [-0.39, 0.29) is 57.8 Å². The number of nitrogens with one attached hydrogen (secondary N) is 1. The second-order valence-corrected chi connectivity index (χ2v) is 11.2. The summed E-state index contributed by atoms with van der Waals surface area (Å²) in [5.41, 5.74) is 17.3. The quantitative estimate of drug-likeness (QED) is 0.0496. The number of nitrogens with two attached hydrogens (primary N) is 4. The van der Waals surface area contributed by atoms with Crippen LogP contribution in [0.25, 0.3) is 0 Å². The monoisotopic (exact) mass is 612 g/mol. The van der Waals surface area contributed by atoms with Crippen molar-refractivity contribution in [2.45, 2.75) is 24.0 Å². The molecule has 40 heavy (non-hydrogen) atoms. The summed E-state index contributed by atoms with van der Waals surface area (Å²) in [5, 5.41) is 27.3. The molecule has 1 saturated heterocycles. The molecule has 3 aliphatic heterocycles. The number of β-lactam (4-membered cyclic amide) rings is 1. The van der Waals surface area contributed by atoms with Crippen LogP contribution in [0.3, 0.4) is 0 Å². The summed E-state index contributed by atoms with van der Waals surface area (Å²) in [6.07, 6.45) is 0.406. The minimum absolute atomic E-state index is 0.0652. The number of carbonyl (C=O) groups excluding carboxylic acids is 2. The van der Waals surface area contributed by atoms with Gasteiger partial charge in [-0.25, -0.2) is 20.6 Å². The highest BCUT2D eigenvalue weighted by Gasteiger charge is 2.54. The molecule has 0 aliphatic carbocycles. The number of hydrazine groups is 1. The van der Waals surface area contributed by atoms with Crippen LogP contribution in [0, 0.1) is 0 Å². The number of nitrogens with zero attached hydrogens (tertiary/aromatic N) is 5. The standard InChI is InChI=1S/C20H24N10O7S3/c21-9-3-10(22)30(24)20(26-9)40-5-7-4-38-17-13(16(34)29(17)14(7)18(35)36)27-15(33)12(8-6-39-19(23)25-8)28-37-2-1-11(31)32/h3,6,10,13,17H,1-2,4-5,21-22,24H2,(H2,23,25)(H,27,33)(H,31,32)(H,35,36)/b28-12-/t10?,13?,17-/m0/s1. The van der Waals surface area contributed by atoms with Crippen molar-refractivity contribution < 1.29 is 34.2 Å². The zero-order chi connectivity index (χ0) is 29.1. The molecule has 4 heterocycles. The zero-order valence-electron chi connectivity index (χ0n) is 20.4. The van der Waals surface area contributed by atoms with Gasteiger partial charge in [-0.05, 0) is 11.6 Å². The first-order valence-corrected chi connectivity index (χ1v) is 14.2. The van der Waals surface area contributed by atoms with Crippen molar-refractivity contribution in [3.8, 4) is 0 Å². The fourth-order valence-electron chi connectivity index (χ4n) is 3.69. The van der Waals surface area contributed by atoms with Crippen LogP contribution in [0.1, 0.15) is 12.1 Å². The number of aliphatic imine (C=N–C) groups is 1. The van der Waals surface area contributed by atoms with Crippen molar-refractivity contribution in [1.82, 2.24) is 20.2 Å². The predicted octanol–water partition coefficient (Wildman–Crippen LogP) is -1.98. The molecule has 214 valence electrons. The van der Waals surface area contributed by atoms with Crippen molar-refractivity contribution >= 4 is 74.6 Å². The maximum absolute atomic E-state index is 13.1. The van der Waals surface area contributed by atoms with Crippen LogP contribution in [0.15, 0.2) is 38.7 Å². The summed E-state index contributed by atoms with van der Waals surface area (Å²) in [5.74, 6) is 2.58. The molecule has 0 aromatic carbocycles. The van der Waals surface area contributed by atoms with Gasteiger partial charge in [0.05, 0.1) is 6.42 Å². The number of nitrogen functional groups attached to an aromatic ring is 1. The van der Waals surface area contributed by atoms with Gasteiger partial charge in [-0.2, -0.15) is 0 Å². The van der Waals surface area contributed by atoms with Crippen LogP contribution in [-0.4, -0.2) is 95.4 Å². The average molecular weight is 613 g/mol. The number of amides is 2. The van der Waals surface area contributed by atoms with E-state index in [0.29, 0.717) is 5.57 Å². The van der Waals surface area contributed by atoms with Crippen LogP contribution < -0.4 is 28.4 Å². The third-order valence-electron chi connectivity index (χ3n) is 5.56. The molecule has 3 aliphatic rings. The topological polar surface area (TPSA) is 278 Å². The largest absolute Gasteiger partial charge is 0.481 e. The molecule has 0 spiro atoms. The van der Waals surface area contributed by atoms with Crippen molar-refractivity contribution in [3.63, 3.8) is 0 Å². The van der Waals surface area contributed by atoms with Crippen molar-refractivity contribution in [2.24, 2.45) is 27.5 Å². The highest BCUT2D eigenvalue weighted by molar-refractivity contribution is 8.14. The minimum atomic E-state index is -1.31. The Morgan fingerprint density at radius 2 is 2.05 bits per heavy atom. The molecule has 4 rings (SSSR count). The van der Waals surface area contributed by atoms with Crippen molar-refractivity contribution in [1.29, 1.82) is 0 Å². The molecular formula is C20H24N10O7S3. The molecular weight excluding hydrogens is 588 g/mol. The van der Waals surface area contributed by atoms with Gasteiger partial charge in [0.15, 0.2) is 16.0 Å². The Balaban J connectivity index is 1.47. The zero-order valence-corrected chi connectivity index (χ0v) is 22.9. The van der Waals surface area contributed by atoms with E-state index in [2.05, 4.69) is 20.4 Å². The number of thioether (sulfide) groups is 2. The number of anilines is 1. The maximum atomic E-state index is 13.1. The second kappa shape index (κ2) is 12.1. The highest BCUT2D eigenvalue weighted by atomic mass is 32.2. The van der Waals surface area contributed by atoms with Gasteiger partial charge in [-0.3, -0.25) is 24.3 Å². The lowest BCUT2D eigenvalue weighted by Crippen LogP contribution is -2.71. The number of thiazole rings is 1. The third kappa shape index (κ3) is 6.14. The molecule has 1 aromatic rings. The molecule has 1 fully saturated rings. The van der Waals surface area contributed by atoms with E-state index in [1.54, 1.807) is 0 Å². The number of carboxylic acid groups (broad SMARTS) is 2. The van der Waals surface area contributed by atoms with Crippen molar-refractivity contribution in [3.05, 3.63) is 34.2 Å². The number of oxime groups is 1. The lowest BCUT2D eigenvalue weighted by molar-refractivity contribution is -0.150. The Labute approximate surface area is 238 Å². The average Bonchev–Trinajstić information content (AvgIpc) is 3.32. The highest BCUT2D eigenvalue weighted by Crippen LogP contribution is 2.41. The predicted molar refractivity (Wildman–Crippen MR) is 147 cm³/mol. The Hall–Kier alpha value is -3.85. The lowest BCUT2D eigenvalue weighted by Gasteiger charge is -2.49.